The van der Waals surface area contributed by atoms with Crippen LogP contribution in [0.1, 0.15) is 33.4 Å². The molecule has 2 heterocycles. The Kier molecular flexibility index (Phi) is 6.32. The second-order valence-electron chi connectivity index (χ2n) is 12.5. The molecule has 0 saturated heterocycles. The molecular formula is C45H30N2O. The molecule has 0 radical (unpaired) electrons. The van der Waals surface area contributed by atoms with Crippen molar-refractivity contribution in [3.05, 3.63) is 197 Å². The van der Waals surface area contributed by atoms with Crippen molar-refractivity contribution in [1.29, 1.82) is 5.26 Å². The summed E-state index contributed by atoms with van der Waals surface area (Å²) >= 11 is 0. The highest BCUT2D eigenvalue weighted by Crippen LogP contribution is 2.55. The number of hydrogen-bond donors (Lipinski definition) is 0. The van der Waals surface area contributed by atoms with Crippen molar-refractivity contribution in [3.63, 3.8) is 0 Å². The standard InChI is InChI=1S/C45H30N2O/c1-30-11-10-16-36(25-30)47-41-22-19-31(29-46)26-37(41)38-27-32(20-23-42(38)47)33-21-24-44-40(28-33)45(34-12-4-2-5-13-34,35-14-6-3-7-15-35)39-17-8-9-18-43(39)48-44/h2-28H,1H3. The van der Waals surface area contributed by atoms with Crippen LogP contribution in [0.3, 0.4) is 0 Å². The molecule has 0 aliphatic carbocycles. The van der Waals surface area contributed by atoms with Crippen LogP contribution in [0.15, 0.2) is 164 Å². The van der Waals surface area contributed by atoms with Gasteiger partial charge >= 0.3 is 0 Å². The van der Waals surface area contributed by atoms with Crippen LogP contribution < -0.4 is 4.74 Å². The summed E-state index contributed by atoms with van der Waals surface area (Å²) in [5, 5.41) is 12.0. The van der Waals surface area contributed by atoms with Crippen LogP contribution in [-0.4, -0.2) is 4.57 Å². The summed E-state index contributed by atoms with van der Waals surface area (Å²) in [4.78, 5) is 0. The predicted octanol–water partition coefficient (Wildman–Crippen LogP) is 11.1. The highest BCUT2D eigenvalue weighted by Gasteiger charge is 2.45. The molecule has 226 valence electrons. The number of rotatable bonds is 4. The van der Waals surface area contributed by atoms with E-state index >= 15 is 0 Å². The molecule has 9 rings (SSSR count). The SMILES string of the molecule is Cc1cccc(-n2c3ccc(C#N)cc3c3cc(-c4ccc5c(c4)C(c4ccccc4)(c4ccccc4)c4ccccc4O5)ccc32)c1. The molecule has 7 aromatic carbocycles. The third-order valence-electron chi connectivity index (χ3n) is 9.80. The molecule has 8 aromatic rings. The second kappa shape index (κ2) is 10.9. The number of fused-ring (bicyclic) bond motifs is 5. The Morgan fingerprint density at radius 2 is 1.17 bits per heavy atom. The topological polar surface area (TPSA) is 38.0 Å². The van der Waals surface area contributed by atoms with E-state index in [1.54, 1.807) is 0 Å². The van der Waals surface area contributed by atoms with Gasteiger partial charge in [0.1, 0.15) is 11.5 Å². The van der Waals surface area contributed by atoms with Crippen LogP contribution in [0, 0.1) is 18.3 Å². The van der Waals surface area contributed by atoms with Gasteiger partial charge in [-0.15, -0.1) is 0 Å². The van der Waals surface area contributed by atoms with E-state index in [0.29, 0.717) is 5.56 Å². The normalized spacial score (nSPS) is 13.0. The fraction of sp³-hybridized carbons (Fsp3) is 0.0444. The Labute approximate surface area is 279 Å². The lowest BCUT2D eigenvalue weighted by Crippen LogP contribution is -2.34. The number of hydrogen-bond acceptors (Lipinski definition) is 2. The summed E-state index contributed by atoms with van der Waals surface area (Å²) in [6.45, 7) is 2.12. The third-order valence-corrected chi connectivity index (χ3v) is 9.80. The Hall–Kier alpha value is -6.37. The van der Waals surface area contributed by atoms with Gasteiger partial charge < -0.3 is 9.30 Å². The van der Waals surface area contributed by atoms with Gasteiger partial charge in [0.2, 0.25) is 0 Å². The highest BCUT2D eigenvalue weighted by molar-refractivity contribution is 6.11. The lowest BCUT2D eigenvalue weighted by Gasteiger charge is -2.41. The number of aromatic nitrogens is 1. The van der Waals surface area contributed by atoms with Gasteiger partial charge in [-0.3, -0.25) is 0 Å². The Bertz CT molecular complexity index is 2520. The van der Waals surface area contributed by atoms with Gasteiger partial charge in [0.25, 0.3) is 0 Å². The number of nitrogens with zero attached hydrogens (tertiary/aromatic N) is 2. The number of ether oxygens (including phenoxy) is 1. The molecule has 0 unspecified atom stereocenters. The molecule has 0 N–H and O–H groups in total. The number of para-hydroxylation sites is 1. The summed E-state index contributed by atoms with van der Waals surface area (Å²) in [7, 11) is 0. The maximum Gasteiger partial charge on any atom is 0.132 e. The highest BCUT2D eigenvalue weighted by atomic mass is 16.5. The van der Waals surface area contributed by atoms with Crippen LogP contribution >= 0.6 is 0 Å². The molecule has 0 saturated carbocycles. The van der Waals surface area contributed by atoms with E-state index in [1.807, 2.05) is 18.2 Å². The Morgan fingerprint density at radius 3 is 1.90 bits per heavy atom. The molecule has 48 heavy (non-hydrogen) atoms. The second-order valence-corrected chi connectivity index (χ2v) is 12.5. The van der Waals surface area contributed by atoms with Gasteiger partial charge in [0.15, 0.2) is 0 Å². The van der Waals surface area contributed by atoms with Crippen molar-refractivity contribution >= 4 is 21.8 Å². The van der Waals surface area contributed by atoms with Gasteiger partial charge in [-0.25, -0.2) is 0 Å². The third kappa shape index (κ3) is 4.13. The quantitative estimate of drug-likeness (QED) is 0.198. The van der Waals surface area contributed by atoms with E-state index in [4.69, 9.17) is 4.74 Å². The van der Waals surface area contributed by atoms with Gasteiger partial charge in [0.05, 0.1) is 28.1 Å². The van der Waals surface area contributed by atoms with Gasteiger partial charge in [-0.05, 0) is 95.4 Å². The minimum atomic E-state index is -0.588. The molecule has 0 spiro atoms. The van der Waals surface area contributed by atoms with Gasteiger partial charge in [-0.1, -0.05) is 103 Å². The molecule has 0 bridgehead atoms. The zero-order valence-electron chi connectivity index (χ0n) is 26.4. The van der Waals surface area contributed by atoms with Crippen molar-refractivity contribution in [1.82, 2.24) is 4.57 Å². The molecule has 3 heteroatoms. The average molecular weight is 615 g/mol. The van der Waals surface area contributed by atoms with E-state index in [-0.39, 0.29) is 0 Å². The van der Waals surface area contributed by atoms with Crippen LogP contribution in [0.5, 0.6) is 11.5 Å². The zero-order chi connectivity index (χ0) is 32.2. The summed E-state index contributed by atoms with van der Waals surface area (Å²) in [6.07, 6.45) is 0. The average Bonchev–Trinajstić information content (AvgIpc) is 3.47. The van der Waals surface area contributed by atoms with E-state index in [1.165, 1.54) is 16.7 Å². The molecular weight excluding hydrogens is 585 g/mol. The van der Waals surface area contributed by atoms with Crippen molar-refractivity contribution in [3.8, 4) is 34.4 Å². The van der Waals surface area contributed by atoms with Crippen molar-refractivity contribution in [2.45, 2.75) is 12.3 Å². The molecule has 0 amide bonds. The summed E-state index contributed by atoms with van der Waals surface area (Å²) in [5.74, 6) is 1.71. The smallest absolute Gasteiger partial charge is 0.132 e. The molecule has 1 aliphatic heterocycles. The predicted molar refractivity (Wildman–Crippen MR) is 194 cm³/mol. The van der Waals surface area contributed by atoms with Crippen LogP contribution in [0.2, 0.25) is 0 Å². The van der Waals surface area contributed by atoms with E-state index < -0.39 is 5.41 Å². The van der Waals surface area contributed by atoms with E-state index in [2.05, 4.69) is 163 Å². The van der Waals surface area contributed by atoms with Gasteiger partial charge in [-0.2, -0.15) is 5.26 Å². The summed E-state index contributed by atoms with van der Waals surface area (Å²) in [5.41, 5.74) is 11.3. The van der Waals surface area contributed by atoms with Crippen molar-refractivity contribution < 1.29 is 4.74 Å². The Balaban J connectivity index is 1.31. The molecule has 3 nitrogen and oxygen atoms in total. The number of benzene rings is 7. The molecule has 0 atom stereocenters. The fourth-order valence-corrected chi connectivity index (χ4v) is 7.70. The Morgan fingerprint density at radius 1 is 0.542 bits per heavy atom. The minimum Gasteiger partial charge on any atom is -0.457 e. The maximum absolute atomic E-state index is 9.81. The van der Waals surface area contributed by atoms with Crippen molar-refractivity contribution in [2.75, 3.05) is 0 Å². The van der Waals surface area contributed by atoms with Gasteiger partial charge in [0, 0.05) is 27.6 Å². The summed E-state index contributed by atoms with van der Waals surface area (Å²) < 4.78 is 8.95. The first-order valence-corrected chi connectivity index (χ1v) is 16.2. The van der Waals surface area contributed by atoms with Crippen molar-refractivity contribution in [2.24, 2.45) is 0 Å². The van der Waals surface area contributed by atoms with E-state index in [9.17, 15) is 5.26 Å². The number of nitriles is 1. The van der Waals surface area contributed by atoms with Crippen LogP contribution in [-0.2, 0) is 5.41 Å². The monoisotopic (exact) mass is 614 g/mol. The molecule has 0 fully saturated rings. The number of aryl methyl sites for hydroxylation is 1. The first-order valence-electron chi connectivity index (χ1n) is 16.2. The van der Waals surface area contributed by atoms with Crippen LogP contribution in [0.4, 0.5) is 0 Å². The fourth-order valence-electron chi connectivity index (χ4n) is 7.70. The van der Waals surface area contributed by atoms with Crippen LogP contribution in [0.25, 0.3) is 38.6 Å². The largest absolute Gasteiger partial charge is 0.457 e. The molecule has 1 aliphatic rings. The lowest BCUT2D eigenvalue weighted by atomic mass is 9.63. The minimum absolute atomic E-state index is 0.588. The first-order chi connectivity index (χ1) is 23.6. The first kappa shape index (κ1) is 27.9. The zero-order valence-corrected chi connectivity index (χ0v) is 26.4. The maximum atomic E-state index is 9.81. The molecule has 1 aromatic heterocycles. The van der Waals surface area contributed by atoms with E-state index in [0.717, 1.165) is 61.2 Å². The summed E-state index contributed by atoms with van der Waals surface area (Å²) in [6, 6.07) is 60.1. The lowest BCUT2D eigenvalue weighted by molar-refractivity contribution is 0.434.